The lowest BCUT2D eigenvalue weighted by Crippen LogP contribution is -2.18. The number of pyridine rings is 1. The molecule has 2 aromatic rings. The zero-order valence-electron chi connectivity index (χ0n) is 11.5. The van der Waals surface area contributed by atoms with Crippen LogP contribution >= 0.6 is 11.6 Å². The summed E-state index contributed by atoms with van der Waals surface area (Å²) in [5, 5.41) is 1.86. The number of likely N-dealkylation sites (tertiary alicyclic amines) is 1. The zero-order valence-corrected chi connectivity index (χ0v) is 12.3. The van der Waals surface area contributed by atoms with Crippen molar-refractivity contribution in [1.29, 1.82) is 0 Å². The molecular formula is C16H19ClN2. The van der Waals surface area contributed by atoms with Crippen molar-refractivity contribution in [2.45, 2.75) is 33.2 Å². The van der Waals surface area contributed by atoms with Gasteiger partial charge in [-0.3, -0.25) is 4.90 Å². The first kappa shape index (κ1) is 12.9. The van der Waals surface area contributed by atoms with Gasteiger partial charge in [-0.2, -0.15) is 0 Å². The molecule has 0 spiro atoms. The molecule has 3 rings (SSSR count). The smallest absolute Gasteiger partial charge is 0.130 e. The van der Waals surface area contributed by atoms with Crippen molar-refractivity contribution in [3.05, 3.63) is 40.0 Å². The number of hydrogen-bond donors (Lipinski definition) is 0. The van der Waals surface area contributed by atoms with Crippen LogP contribution in [0.3, 0.4) is 0 Å². The van der Waals surface area contributed by atoms with E-state index in [1.54, 1.807) is 0 Å². The second-order valence-corrected chi connectivity index (χ2v) is 5.95. The number of halogens is 1. The number of fused-ring (bicyclic) bond motifs is 1. The number of nitrogens with zero attached hydrogens (tertiary/aromatic N) is 2. The Morgan fingerprint density at radius 1 is 1.16 bits per heavy atom. The summed E-state index contributed by atoms with van der Waals surface area (Å²) >= 11 is 6.19. The quantitative estimate of drug-likeness (QED) is 0.767. The fourth-order valence-electron chi connectivity index (χ4n) is 3.03. The first-order chi connectivity index (χ1) is 9.13. The monoisotopic (exact) mass is 274 g/mol. The summed E-state index contributed by atoms with van der Waals surface area (Å²) in [6.45, 7) is 7.64. The van der Waals surface area contributed by atoms with Gasteiger partial charge in [-0.25, -0.2) is 4.98 Å². The van der Waals surface area contributed by atoms with E-state index in [1.807, 2.05) is 6.07 Å². The van der Waals surface area contributed by atoms with E-state index in [2.05, 4.69) is 35.9 Å². The zero-order chi connectivity index (χ0) is 13.4. The maximum atomic E-state index is 6.19. The van der Waals surface area contributed by atoms with Crippen molar-refractivity contribution in [3.8, 4) is 0 Å². The summed E-state index contributed by atoms with van der Waals surface area (Å²) in [5.41, 5.74) is 4.85. The Labute approximate surface area is 119 Å². The van der Waals surface area contributed by atoms with Gasteiger partial charge in [0.25, 0.3) is 0 Å². The molecule has 0 aliphatic carbocycles. The van der Waals surface area contributed by atoms with Crippen LogP contribution in [0.1, 0.15) is 29.5 Å². The van der Waals surface area contributed by atoms with Gasteiger partial charge in [-0.05, 0) is 63.0 Å². The highest BCUT2D eigenvalue weighted by molar-refractivity contribution is 6.30. The van der Waals surface area contributed by atoms with Gasteiger partial charge in [0.1, 0.15) is 5.15 Å². The molecule has 0 amide bonds. The molecule has 1 aromatic heterocycles. The van der Waals surface area contributed by atoms with E-state index in [1.165, 1.54) is 48.0 Å². The SMILES string of the molecule is Cc1cc(C)c2nc(Cl)cc(CN3CCCC3)c2c1. The lowest BCUT2D eigenvalue weighted by atomic mass is 10.0. The van der Waals surface area contributed by atoms with E-state index < -0.39 is 0 Å². The van der Waals surface area contributed by atoms with Crippen LogP contribution < -0.4 is 0 Å². The van der Waals surface area contributed by atoms with Crippen molar-refractivity contribution in [1.82, 2.24) is 9.88 Å². The first-order valence-corrected chi connectivity index (χ1v) is 7.30. The summed E-state index contributed by atoms with van der Waals surface area (Å²) in [7, 11) is 0. The van der Waals surface area contributed by atoms with Crippen molar-refractivity contribution in [2.24, 2.45) is 0 Å². The van der Waals surface area contributed by atoms with Crippen molar-refractivity contribution >= 4 is 22.5 Å². The Morgan fingerprint density at radius 3 is 2.63 bits per heavy atom. The van der Waals surface area contributed by atoms with Crippen molar-refractivity contribution in [2.75, 3.05) is 13.1 Å². The minimum Gasteiger partial charge on any atom is -0.299 e. The van der Waals surface area contributed by atoms with Crippen LogP contribution in [0.15, 0.2) is 18.2 Å². The first-order valence-electron chi connectivity index (χ1n) is 6.92. The second-order valence-electron chi connectivity index (χ2n) is 5.57. The Kier molecular flexibility index (Phi) is 3.46. The third-order valence-electron chi connectivity index (χ3n) is 3.90. The number of aryl methyl sites for hydroxylation is 2. The molecular weight excluding hydrogens is 256 g/mol. The number of aromatic nitrogens is 1. The highest BCUT2D eigenvalue weighted by atomic mass is 35.5. The van der Waals surface area contributed by atoms with Crippen LogP contribution in [0.4, 0.5) is 0 Å². The van der Waals surface area contributed by atoms with E-state index in [0.717, 1.165) is 12.1 Å². The maximum Gasteiger partial charge on any atom is 0.130 e. The van der Waals surface area contributed by atoms with Crippen LogP contribution in [0, 0.1) is 13.8 Å². The standard InChI is InChI=1S/C16H19ClN2/c1-11-7-12(2)16-14(8-11)13(9-15(17)18-16)10-19-5-3-4-6-19/h7-9H,3-6,10H2,1-2H3. The Hall–Kier alpha value is -1.12. The molecule has 1 aliphatic rings. The van der Waals surface area contributed by atoms with E-state index in [4.69, 9.17) is 11.6 Å². The maximum absolute atomic E-state index is 6.19. The van der Waals surface area contributed by atoms with Crippen LogP contribution in [-0.2, 0) is 6.54 Å². The molecule has 1 fully saturated rings. The Morgan fingerprint density at radius 2 is 1.89 bits per heavy atom. The normalized spacial score (nSPS) is 16.4. The largest absolute Gasteiger partial charge is 0.299 e. The van der Waals surface area contributed by atoms with Gasteiger partial charge < -0.3 is 0 Å². The molecule has 1 saturated heterocycles. The summed E-state index contributed by atoms with van der Waals surface area (Å²) in [6, 6.07) is 6.43. The van der Waals surface area contributed by atoms with Gasteiger partial charge in [0.05, 0.1) is 5.52 Å². The highest BCUT2D eigenvalue weighted by Crippen LogP contribution is 2.27. The predicted octanol–water partition coefficient (Wildman–Crippen LogP) is 4.10. The fraction of sp³-hybridized carbons (Fsp3) is 0.438. The third-order valence-corrected chi connectivity index (χ3v) is 4.09. The van der Waals surface area contributed by atoms with Gasteiger partial charge in [0, 0.05) is 11.9 Å². The van der Waals surface area contributed by atoms with Gasteiger partial charge in [-0.15, -0.1) is 0 Å². The van der Waals surface area contributed by atoms with Crippen molar-refractivity contribution in [3.63, 3.8) is 0 Å². The van der Waals surface area contributed by atoms with Gasteiger partial charge in [0.2, 0.25) is 0 Å². The summed E-state index contributed by atoms with van der Waals surface area (Å²) in [5.74, 6) is 0. The molecule has 0 bridgehead atoms. The Bertz CT molecular complexity index is 616. The van der Waals surface area contributed by atoms with Gasteiger partial charge >= 0.3 is 0 Å². The van der Waals surface area contributed by atoms with Crippen molar-refractivity contribution < 1.29 is 0 Å². The minimum absolute atomic E-state index is 0.605. The lowest BCUT2D eigenvalue weighted by Gasteiger charge is -2.17. The summed E-state index contributed by atoms with van der Waals surface area (Å²) < 4.78 is 0. The molecule has 0 atom stereocenters. The average Bonchev–Trinajstić information content (AvgIpc) is 2.83. The summed E-state index contributed by atoms with van der Waals surface area (Å²) in [6.07, 6.45) is 2.63. The lowest BCUT2D eigenvalue weighted by molar-refractivity contribution is 0.332. The van der Waals surface area contributed by atoms with E-state index in [-0.39, 0.29) is 0 Å². The second kappa shape index (κ2) is 5.10. The number of rotatable bonds is 2. The van der Waals surface area contributed by atoms with Crippen LogP contribution in [0.5, 0.6) is 0 Å². The molecule has 3 heteroatoms. The van der Waals surface area contributed by atoms with Gasteiger partial charge in [-0.1, -0.05) is 23.2 Å². The molecule has 0 N–H and O–H groups in total. The predicted molar refractivity (Wildman–Crippen MR) is 80.7 cm³/mol. The topological polar surface area (TPSA) is 16.1 Å². The highest BCUT2D eigenvalue weighted by Gasteiger charge is 2.15. The van der Waals surface area contributed by atoms with Crippen LogP contribution in [-0.4, -0.2) is 23.0 Å². The fourth-order valence-corrected chi connectivity index (χ4v) is 3.24. The molecule has 1 aliphatic heterocycles. The molecule has 0 unspecified atom stereocenters. The molecule has 0 saturated carbocycles. The minimum atomic E-state index is 0.605. The molecule has 100 valence electrons. The van der Waals surface area contributed by atoms with E-state index in [0.29, 0.717) is 5.15 Å². The number of hydrogen-bond acceptors (Lipinski definition) is 2. The Balaban J connectivity index is 2.11. The molecule has 1 aromatic carbocycles. The van der Waals surface area contributed by atoms with E-state index in [9.17, 15) is 0 Å². The molecule has 2 nitrogen and oxygen atoms in total. The molecule has 19 heavy (non-hydrogen) atoms. The van der Waals surface area contributed by atoms with Crippen LogP contribution in [0.25, 0.3) is 10.9 Å². The third kappa shape index (κ3) is 2.60. The number of benzene rings is 1. The molecule has 2 heterocycles. The van der Waals surface area contributed by atoms with Gasteiger partial charge in [0.15, 0.2) is 0 Å². The summed E-state index contributed by atoms with van der Waals surface area (Å²) in [4.78, 5) is 7.00. The molecule has 0 radical (unpaired) electrons. The van der Waals surface area contributed by atoms with E-state index >= 15 is 0 Å². The average molecular weight is 275 g/mol. The van der Waals surface area contributed by atoms with Crippen LogP contribution in [0.2, 0.25) is 5.15 Å².